The Labute approximate surface area is 162 Å². The molecule has 0 aromatic heterocycles. The van der Waals surface area contributed by atoms with Crippen molar-refractivity contribution in [1.29, 1.82) is 0 Å². The first-order chi connectivity index (χ1) is 12.8. The minimum atomic E-state index is -4.57. The second-order valence-corrected chi connectivity index (χ2v) is 6.78. The van der Waals surface area contributed by atoms with Crippen LogP contribution in [0.1, 0.15) is 63.9 Å². The summed E-state index contributed by atoms with van der Waals surface area (Å²) in [6, 6.07) is 2.53. The molecule has 152 valence electrons. The van der Waals surface area contributed by atoms with Crippen molar-refractivity contribution in [3.8, 4) is 0 Å². The summed E-state index contributed by atoms with van der Waals surface area (Å²) >= 11 is 5.79. The lowest BCUT2D eigenvalue weighted by Gasteiger charge is -2.11. The summed E-state index contributed by atoms with van der Waals surface area (Å²) in [5, 5.41) is 4.51. The second kappa shape index (κ2) is 11.8. The number of rotatable bonds is 10. The number of alkyl halides is 3. The van der Waals surface area contributed by atoms with Crippen molar-refractivity contribution in [2.45, 2.75) is 64.5 Å². The third kappa shape index (κ3) is 9.13. The maximum absolute atomic E-state index is 12.7. The number of amides is 2. The van der Waals surface area contributed by atoms with Crippen molar-refractivity contribution in [2.75, 3.05) is 11.9 Å². The van der Waals surface area contributed by atoms with Gasteiger partial charge in [-0.25, -0.2) is 0 Å². The smallest absolute Gasteiger partial charge is 0.348 e. The Balaban J connectivity index is 2.34. The molecule has 0 radical (unpaired) electrons. The molecule has 0 heterocycles. The summed E-state index contributed by atoms with van der Waals surface area (Å²) < 4.78 is 38.1. The fourth-order valence-corrected chi connectivity index (χ4v) is 2.68. The molecule has 0 saturated heterocycles. The zero-order valence-electron chi connectivity index (χ0n) is 15.4. The van der Waals surface area contributed by atoms with E-state index in [1.807, 2.05) is 0 Å². The van der Waals surface area contributed by atoms with E-state index in [9.17, 15) is 22.8 Å². The van der Waals surface area contributed by atoms with Crippen molar-refractivity contribution in [3.05, 3.63) is 28.8 Å². The zero-order valence-corrected chi connectivity index (χ0v) is 16.2. The average Bonchev–Trinajstić information content (AvgIpc) is 2.60. The van der Waals surface area contributed by atoms with Crippen LogP contribution < -0.4 is 10.6 Å². The first-order valence-electron chi connectivity index (χ1n) is 9.21. The number of hydrogen-bond donors (Lipinski definition) is 2. The lowest BCUT2D eigenvalue weighted by molar-refractivity contribution is -0.137. The van der Waals surface area contributed by atoms with Crippen LogP contribution in [0.5, 0.6) is 0 Å². The lowest BCUT2D eigenvalue weighted by atomic mass is 10.1. The molecule has 0 aliphatic heterocycles. The van der Waals surface area contributed by atoms with E-state index in [0.29, 0.717) is 12.6 Å². The highest BCUT2D eigenvalue weighted by Gasteiger charge is 2.31. The van der Waals surface area contributed by atoms with E-state index in [1.54, 1.807) is 0 Å². The van der Waals surface area contributed by atoms with Crippen LogP contribution in [-0.2, 0) is 15.8 Å². The molecule has 27 heavy (non-hydrogen) atoms. The zero-order chi connectivity index (χ0) is 20.3. The van der Waals surface area contributed by atoms with E-state index < -0.39 is 23.6 Å². The first kappa shape index (κ1) is 23.3. The Morgan fingerprint density at radius 2 is 1.56 bits per heavy atom. The Hall–Kier alpha value is -1.76. The van der Waals surface area contributed by atoms with Gasteiger partial charge >= 0.3 is 18.0 Å². The minimum Gasteiger partial charge on any atom is -0.348 e. The number of unbranched alkanes of at least 4 members (excludes halogenated alkanes) is 7. The quantitative estimate of drug-likeness (QED) is 0.395. The molecular weight excluding hydrogens is 381 g/mol. The molecule has 1 aromatic rings. The number of anilines is 1. The summed E-state index contributed by atoms with van der Waals surface area (Å²) in [5.41, 5.74) is -1.21. The summed E-state index contributed by atoms with van der Waals surface area (Å²) in [6.45, 7) is 2.51. The molecule has 2 N–H and O–H groups in total. The van der Waals surface area contributed by atoms with Crippen LogP contribution in [0.25, 0.3) is 0 Å². The average molecular weight is 407 g/mol. The second-order valence-electron chi connectivity index (χ2n) is 6.38. The number of carbonyl (C=O) groups is 2. The molecule has 4 nitrogen and oxygen atoms in total. The summed E-state index contributed by atoms with van der Waals surface area (Å²) in [5.74, 6) is -1.94. The van der Waals surface area contributed by atoms with Gasteiger partial charge in [0, 0.05) is 6.54 Å². The van der Waals surface area contributed by atoms with Crippen molar-refractivity contribution in [1.82, 2.24) is 5.32 Å². The van der Waals surface area contributed by atoms with E-state index in [-0.39, 0.29) is 10.7 Å². The van der Waals surface area contributed by atoms with Crippen LogP contribution >= 0.6 is 11.6 Å². The molecule has 2 amide bonds. The Bertz CT molecular complexity index is 621. The molecule has 1 rings (SSSR count). The van der Waals surface area contributed by atoms with Crippen LogP contribution in [0.3, 0.4) is 0 Å². The van der Waals surface area contributed by atoms with Gasteiger partial charge in [-0.05, 0) is 24.6 Å². The number of carbonyl (C=O) groups excluding carboxylic acids is 2. The molecule has 0 saturated carbocycles. The number of nitrogens with one attached hydrogen (secondary N) is 2. The van der Waals surface area contributed by atoms with Gasteiger partial charge in [0.25, 0.3) is 0 Å². The van der Waals surface area contributed by atoms with E-state index in [4.69, 9.17) is 11.6 Å². The van der Waals surface area contributed by atoms with Gasteiger partial charge in [-0.15, -0.1) is 0 Å². The predicted octanol–water partition coefficient (Wildman–Crippen LogP) is 5.55. The van der Waals surface area contributed by atoms with Gasteiger partial charge in [-0.3, -0.25) is 9.59 Å². The van der Waals surface area contributed by atoms with E-state index in [1.165, 1.54) is 25.7 Å². The van der Waals surface area contributed by atoms with Gasteiger partial charge in [-0.1, -0.05) is 63.5 Å². The van der Waals surface area contributed by atoms with Gasteiger partial charge in [0.05, 0.1) is 16.3 Å². The highest BCUT2D eigenvalue weighted by molar-refractivity contribution is 6.41. The van der Waals surface area contributed by atoms with Gasteiger partial charge in [-0.2, -0.15) is 13.2 Å². The third-order valence-corrected chi connectivity index (χ3v) is 4.39. The topological polar surface area (TPSA) is 58.2 Å². The van der Waals surface area contributed by atoms with Crippen LogP contribution in [0.4, 0.5) is 18.9 Å². The van der Waals surface area contributed by atoms with E-state index in [2.05, 4.69) is 17.6 Å². The number of benzene rings is 1. The van der Waals surface area contributed by atoms with Crippen molar-refractivity contribution < 1.29 is 22.8 Å². The van der Waals surface area contributed by atoms with Crippen molar-refractivity contribution in [3.63, 3.8) is 0 Å². The Kier molecular flexibility index (Phi) is 10.2. The first-order valence-corrected chi connectivity index (χ1v) is 9.59. The molecule has 0 fully saturated rings. The van der Waals surface area contributed by atoms with E-state index in [0.717, 1.165) is 37.8 Å². The fraction of sp³-hybridized carbons (Fsp3) is 0.579. The number of hydrogen-bond acceptors (Lipinski definition) is 2. The van der Waals surface area contributed by atoms with Gasteiger partial charge in [0.1, 0.15) is 0 Å². The molecule has 0 aliphatic rings. The summed E-state index contributed by atoms with van der Waals surface area (Å²) in [4.78, 5) is 23.6. The highest BCUT2D eigenvalue weighted by Crippen LogP contribution is 2.33. The molecule has 0 spiro atoms. The Morgan fingerprint density at radius 1 is 0.963 bits per heavy atom. The van der Waals surface area contributed by atoms with Gasteiger partial charge in [0.15, 0.2) is 0 Å². The van der Waals surface area contributed by atoms with Crippen LogP contribution in [0.15, 0.2) is 18.2 Å². The SMILES string of the molecule is CCCCCCCCCCNC(=O)C(=O)Nc1cc(C(F)(F)F)ccc1Cl. The molecular formula is C19H26ClF3N2O2. The number of halogens is 4. The summed E-state index contributed by atoms with van der Waals surface area (Å²) in [6.07, 6.45) is 4.27. The minimum absolute atomic E-state index is 0.0766. The maximum Gasteiger partial charge on any atom is 0.416 e. The van der Waals surface area contributed by atoms with Crippen molar-refractivity contribution in [2.24, 2.45) is 0 Å². The van der Waals surface area contributed by atoms with Gasteiger partial charge < -0.3 is 10.6 Å². The van der Waals surface area contributed by atoms with Crippen LogP contribution in [-0.4, -0.2) is 18.4 Å². The van der Waals surface area contributed by atoms with Gasteiger partial charge in [0.2, 0.25) is 0 Å². The monoisotopic (exact) mass is 406 g/mol. The normalized spacial score (nSPS) is 11.3. The third-order valence-electron chi connectivity index (χ3n) is 4.06. The fourth-order valence-electron chi connectivity index (χ4n) is 2.52. The molecule has 8 heteroatoms. The molecule has 0 bridgehead atoms. The van der Waals surface area contributed by atoms with Crippen LogP contribution in [0.2, 0.25) is 5.02 Å². The molecule has 0 unspecified atom stereocenters. The Morgan fingerprint density at radius 3 is 2.15 bits per heavy atom. The molecule has 0 atom stereocenters. The van der Waals surface area contributed by atoms with Crippen molar-refractivity contribution >= 4 is 29.1 Å². The standard InChI is InChI=1S/C19H26ClF3N2O2/c1-2-3-4-5-6-7-8-9-12-24-17(26)18(27)25-16-13-14(19(21,22)23)10-11-15(16)20/h10-11,13H,2-9,12H2,1H3,(H,24,26)(H,25,27). The largest absolute Gasteiger partial charge is 0.416 e. The lowest BCUT2D eigenvalue weighted by Crippen LogP contribution is -2.36. The maximum atomic E-state index is 12.7. The molecule has 0 aliphatic carbocycles. The summed E-state index contributed by atoms with van der Waals surface area (Å²) in [7, 11) is 0. The highest BCUT2D eigenvalue weighted by atomic mass is 35.5. The van der Waals surface area contributed by atoms with Crippen LogP contribution in [0, 0.1) is 0 Å². The van der Waals surface area contributed by atoms with E-state index >= 15 is 0 Å². The predicted molar refractivity (Wildman–Crippen MR) is 101 cm³/mol. The molecule has 1 aromatic carbocycles.